The summed E-state index contributed by atoms with van der Waals surface area (Å²) in [6.07, 6.45) is 3.87. The molecule has 0 saturated carbocycles. The Morgan fingerprint density at radius 2 is 1.69 bits per heavy atom. The molecule has 0 heterocycles. The van der Waals surface area contributed by atoms with E-state index in [1.54, 1.807) is 37.4 Å². The van der Waals surface area contributed by atoms with Gasteiger partial charge in [-0.2, -0.15) is 0 Å². The molecule has 1 N–H and O–H groups in total. The maximum atomic E-state index is 15.3. The fraction of sp³-hybridized carbons (Fsp3) is 0.400. The SMILES string of the molecule is COc1c(C(C)=Cc2ccc(C(=O)O)cc2)c(F)cc2c1C(C)(C)CCC2(C)C. The van der Waals surface area contributed by atoms with Crippen LogP contribution in [0.5, 0.6) is 5.75 Å². The Morgan fingerprint density at radius 1 is 1.10 bits per heavy atom. The van der Waals surface area contributed by atoms with Crippen LogP contribution in [-0.4, -0.2) is 18.2 Å². The molecule has 3 rings (SSSR count). The zero-order valence-corrected chi connectivity index (χ0v) is 18.0. The lowest BCUT2D eigenvalue weighted by molar-refractivity contribution is 0.0697. The minimum atomic E-state index is -0.968. The second kappa shape index (κ2) is 7.33. The first kappa shape index (κ1) is 21.1. The third-order valence-corrected chi connectivity index (χ3v) is 6.15. The van der Waals surface area contributed by atoms with Crippen molar-refractivity contribution in [2.75, 3.05) is 7.11 Å². The Kier molecular flexibility index (Phi) is 5.33. The highest BCUT2D eigenvalue weighted by atomic mass is 19.1. The number of fused-ring (bicyclic) bond motifs is 1. The fourth-order valence-corrected chi connectivity index (χ4v) is 4.33. The monoisotopic (exact) mass is 396 g/mol. The van der Waals surface area contributed by atoms with E-state index in [1.165, 1.54) is 0 Å². The van der Waals surface area contributed by atoms with Crippen LogP contribution in [0.15, 0.2) is 30.3 Å². The van der Waals surface area contributed by atoms with Crippen LogP contribution < -0.4 is 4.74 Å². The van der Waals surface area contributed by atoms with E-state index in [0.29, 0.717) is 11.3 Å². The molecule has 0 saturated heterocycles. The molecule has 2 aromatic carbocycles. The summed E-state index contributed by atoms with van der Waals surface area (Å²) < 4.78 is 21.1. The quantitative estimate of drug-likeness (QED) is 0.605. The number of rotatable bonds is 4. The lowest BCUT2D eigenvalue weighted by atomic mass is 9.62. The van der Waals surface area contributed by atoms with Crippen LogP contribution in [0.1, 0.15) is 80.1 Å². The highest BCUT2D eigenvalue weighted by Crippen LogP contribution is 2.52. The zero-order chi connectivity index (χ0) is 21.6. The Morgan fingerprint density at radius 3 is 2.24 bits per heavy atom. The zero-order valence-electron chi connectivity index (χ0n) is 18.0. The van der Waals surface area contributed by atoms with Gasteiger partial charge in [0.05, 0.1) is 18.2 Å². The van der Waals surface area contributed by atoms with Gasteiger partial charge in [0.15, 0.2) is 0 Å². The number of ether oxygens (including phenoxy) is 1. The van der Waals surface area contributed by atoms with Gasteiger partial charge in [-0.05, 0) is 65.5 Å². The van der Waals surface area contributed by atoms with Crippen LogP contribution in [-0.2, 0) is 10.8 Å². The standard InChI is InChI=1S/C25H29FO3/c1-15(13-16-7-9-17(10-8-16)23(27)28)20-19(26)14-18-21(22(20)29-6)25(4,5)12-11-24(18,2)3/h7-10,13-14H,11-12H2,1-6H3,(H,27,28). The van der Waals surface area contributed by atoms with E-state index in [2.05, 4.69) is 27.7 Å². The van der Waals surface area contributed by atoms with Crippen molar-refractivity contribution in [3.05, 3.63) is 64.0 Å². The number of halogens is 1. The predicted molar refractivity (Wildman–Crippen MR) is 115 cm³/mol. The first-order valence-electron chi connectivity index (χ1n) is 9.91. The molecule has 2 aromatic rings. The maximum absolute atomic E-state index is 15.3. The van der Waals surface area contributed by atoms with Gasteiger partial charge >= 0.3 is 5.97 Å². The van der Waals surface area contributed by atoms with Crippen LogP contribution in [0.3, 0.4) is 0 Å². The van der Waals surface area contributed by atoms with Gasteiger partial charge in [0.1, 0.15) is 11.6 Å². The molecule has 0 spiro atoms. The average Bonchev–Trinajstić information content (AvgIpc) is 2.64. The van der Waals surface area contributed by atoms with Crippen LogP contribution in [0, 0.1) is 5.82 Å². The summed E-state index contributed by atoms with van der Waals surface area (Å²) in [6, 6.07) is 8.23. The Bertz CT molecular complexity index is 982. The number of benzene rings is 2. The number of hydrogen-bond donors (Lipinski definition) is 1. The second-order valence-corrected chi connectivity index (χ2v) is 9.21. The van der Waals surface area contributed by atoms with E-state index in [9.17, 15) is 4.79 Å². The van der Waals surface area contributed by atoms with Crippen LogP contribution in [0.4, 0.5) is 4.39 Å². The van der Waals surface area contributed by atoms with Gasteiger partial charge in [0.2, 0.25) is 0 Å². The van der Waals surface area contributed by atoms with Crippen LogP contribution in [0.25, 0.3) is 11.6 Å². The molecule has 1 aliphatic rings. The molecule has 0 aromatic heterocycles. The third kappa shape index (κ3) is 3.81. The molecule has 1 aliphatic carbocycles. The second-order valence-electron chi connectivity index (χ2n) is 9.21. The summed E-state index contributed by atoms with van der Waals surface area (Å²) in [4.78, 5) is 11.1. The molecule has 29 heavy (non-hydrogen) atoms. The summed E-state index contributed by atoms with van der Waals surface area (Å²) in [5, 5.41) is 9.06. The van der Waals surface area contributed by atoms with E-state index in [-0.39, 0.29) is 22.2 Å². The highest BCUT2D eigenvalue weighted by molar-refractivity contribution is 5.89. The van der Waals surface area contributed by atoms with Crippen molar-refractivity contribution in [3.8, 4) is 5.75 Å². The van der Waals surface area contributed by atoms with Crippen molar-refractivity contribution in [2.24, 2.45) is 0 Å². The number of carbonyl (C=O) groups is 1. The molecule has 0 radical (unpaired) electrons. The minimum Gasteiger partial charge on any atom is -0.496 e. The predicted octanol–water partition coefficient (Wildman–Crippen LogP) is 6.44. The summed E-state index contributed by atoms with van der Waals surface area (Å²) in [5.74, 6) is -0.652. The van der Waals surface area contributed by atoms with Gasteiger partial charge in [-0.25, -0.2) is 9.18 Å². The molecular weight excluding hydrogens is 367 g/mol. The van der Waals surface area contributed by atoms with Crippen molar-refractivity contribution >= 4 is 17.6 Å². The molecule has 0 bridgehead atoms. The van der Waals surface area contributed by atoms with Gasteiger partial charge < -0.3 is 9.84 Å². The van der Waals surface area contributed by atoms with Crippen LogP contribution >= 0.6 is 0 Å². The molecule has 3 nitrogen and oxygen atoms in total. The van der Waals surface area contributed by atoms with Crippen molar-refractivity contribution < 1.29 is 19.0 Å². The average molecular weight is 397 g/mol. The van der Waals surface area contributed by atoms with Crippen molar-refractivity contribution in [1.82, 2.24) is 0 Å². The molecule has 0 fully saturated rings. The molecule has 0 aliphatic heterocycles. The number of methoxy groups -OCH3 is 1. The first-order chi connectivity index (χ1) is 13.5. The first-order valence-corrected chi connectivity index (χ1v) is 9.91. The largest absolute Gasteiger partial charge is 0.496 e. The fourth-order valence-electron chi connectivity index (χ4n) is 4.33. The molecule has 0 unspecified atom stereocenters. The number of carboxylic acids is 1. The lowest BCUT2D eigenvalue weighted by Gasteiger charge is -2.43. The van der Waals surface area contributed by atoms with Gasteiger partial charge in [0.25, 0.3) is 0 Å². The summed E-state index contributed by atoms with van der Waals surface area (Å²) in [6.45, 7) is 10.6. The summed E-state index contributed by atoms with van der Waals surface area (Å²) >= 11 is 0. The Labute approximate surface area is 172 Å². The van der Waals surface area contributed by atoms with Gasteiger partial charge in [0, 0.05) is 5.56 Å². The summed E-state index contributed by atoms with van der Waals surface area (Å²) in [5.41, 5.74) is 4.13. The summed E-state index contributed by atoms with van der Waals surface area (Å²) in [7, 11) is 1.60. The number of carboxylic acid groups (broad SMARTS) is 1. The number of hydrogen-bond acceptors (Lipinski definition) is 2. The Hall–Kier alpha value is -2.62. The molecule has 4 heteroatoms. The van der Waals surface area contributed by atoms with Gasteiger partial charge in [-0.1, -0.05) is 45.9 Å². The highest BCUT2D eigenvalue weighted by Gasteiger charge is 2.41. The number of allylic oxidation sites excluding steroid dienone is 1. The molecule has 154 valence electrons. The van der Waals surface area contributed by atoms with E-state index < -0.39 is 5.97 Å². The Balaban J connectivity index is 2.18. The van der Waals surface area contributed by atoms with Crippen molar-refractivity contribution in [2.45, 2.75) is 58.3 Å². The topological polar surface area (TPSA) is 46.5 Å². The van der Waals surface area contributed by atoms with Crippen molar-refractivity contribution in [1.29, 1.82) is 0 Å². The van der Waals surface area contributed by atoms with Gasteiger partial charge in [-0.15, -0.1) is 0 Å². The van der Waals surface area contributed by atoms with Gasteiger partial charge in [-0.3, -0.25) is 0 Å². The lowest BCUT2D eigenvalue weighted by Crippen LogP contribution is -2.34. The van der Waals surface area contributed by atoms with E-state index in [0.717, 1.165) is 35.1 Å². The molecule has 0 atom stereocenters. The third-order valence-electron chi connectivity index (χ3n) is 6.15. The number of aromatic carboxylic acids is 1. The minimum absolute atomic E-state index is 0.109. The molecule has 0 amide bonds. The van der Waals surface area contributed by atoms with E-state index in [4.69, 9.17) is 9.84 Å². The van der Waals surface area contributed by atoms with Crippen LogP contribution in [0.2, 0.25) is 0 Å². The van der Waals surface area contributed by atoms with Crippen molar-refractivity contribution in [3.63, 3.8) is 0 Å². The maximum Gasteiger partial charge on any atom is 0.335 e. The molecular formula is C25H29FO3. The van der Waals surface area contributed by atoms with E-state index in [1.807, 2.05) is 13.0 Å². The smallest absolute Gasteiger partial charge is 0.335 e. The normalized spacial score (nSPS) is 17.6. The van der Waals surface area contributed by atoms with E-state index >= 15 is 4.39 Å².